The average molecular weight is 337 g/mol. The maximum absolute atomic E-state index is 11.9. The van der Waals surface area contributed by atoms with Gasteiger partial charge in [0.05, 0.1) is 6.21 Å². The third-order valence-electron chi connectivity index (χ3n) is 3.81. The van der Waals surface area contributed by atoms with Crippen LogP contribution >= 0.6 is 0 Å². The summed E-state index contributed by atoms with van der Waals surface area (Å²) < 4.78 is 0. The van der Waals surface area contributed by atoms with E-state index in [1.165, 1.54) is 5.56 Å². The molecule has 5 nitrogen and oxygen atoms in total. The van der Waals surface area contributed by atoms with E-state index in [0.717, 1.165) is 22.4 Å². The average Bonchev–Trinajstić information content (AvgIpc) is 2.56. The van der Waals surface area contributed by atoms with Crippen molar-refractivity contribution in [3.63, 3.8) is 0 Å². The Morgan fingerprint density at radius 2 is 1.72 bits per heavy atom. The molecule has 5 heteroatoms. The zero-order chi connectivity index (χ0) is 18.2. The molecule has 25 heavy (non-hydrogen) atoms. The fourth-order valence-corrected chi connectivity index (χ4v) is 2.25. The molecule has 2 aromatic carbocycles. The fraction of sp³-hybridized carbons (Fsp3) is 0.250. The Kier molecular flexibility index (Phi) is 6.46. The lowest BCUT2D eigenvalue weighted by molar-refractivity contribution is -0.124. The number of rotatable bonds is 6. The van der Waals surface area contributed by atoms with Gasteiger partial charge in [-0.05, 0) is 49.6 Å². The van der Waals surface area contributed by atoms with Crippen LogP contribution in [0.1, 0.15) is 35.1 Å². The molecule has 0 unspecified atom stereocenters. The minimum absolute atomic E-state index is 0.0852. The summed E-state index contributed by atoms with van der Waals surface area (Å²) in [5, 5.41) is 6.71. The predicted molar refractivity (Wildman–Crippen MR) is 101 cm³/mol. The Bertz CT molecular complexity index is 797. The molecular formula is C20H23N3O2. The van der Waals surface area contributed by atoms with E-state index in [2.05, 4.69) is 15.8 Å². The standard InChI is InChI=1S/C20H23N3O2/c1-14-5-4-6-17(11-14)13-21-23-20(25)10-9-19(24)22-18-8-7-15(2)16(3)12-18/h4-8,11-13H,9-10H2,1-3H3,(H,22,24)(H,23,25)/b21-13+. The first-order valence-electron chi connectivity index (χ1n) is 8.20. The van der Waals surface area contributed by atoms with Crippen molar-refractivity contribution in [2.24, 2.45) is 5.10 Å². The highest BCUT2D eigenvalue weighted by Crippen LogP contribution is 2.14. The van der Waals surface area contributed by atoms with Crippen molar-refractivity contribution in [2.75, 3.05) is 5.32 Å². The second-order valence-electron chi connectivity index (χ2n) is 6.05. The van der Waals surface area contributed by atoms with Gasteiger partial charge in [-0.25, -0.2) is 5.43 Å². The smallest absolute Gasteiger partial charge is 0.240 e. The van der Waals surface area contributed by atoms with Gasteiger partial charge >= 0.3 is 0 Å². The molecule has 0 atom stereocenters. The van der Waals surface area contributed by atoms with Crippen LogP contribution in [0.2, 0.25) is 0 Å². The number of benzene rings is 2. The summed E-state index contributed by atoms with van der Waals surface area (Å²) in [4.78, 5) is 23.7. The quantitative estimate of drug-likeness (QED) is 0.626. The lowest BCUT2D eigenvalue weighted by Gasteiger charge is -2.07. The lowest BCUT2D eigenvalue weighted by atomic mass is 10.1. The van der Waals surface area contributed by atoms with Crippen molar-refractivity contribution >= 4 is 23.7 Å². The summed E-state index contributed by atoms with van der Waals surface area (Å²) in [5.41, 5.74) is 7.49. The van der Waals surface area contributed by atoms with Crippen molar-refractivity contribution in [3.8, 4) is 0 Å². The summed E-state index contributed by atoms with van der Waals surface area (Å²) in [6.45, 7) is 6.00. The van der Waals surface area contributed by atoms with E-state index in [1.807, 2.05) is 63.2 Å². The molecule has 0 aliphatic carbocycles. The van der Waals surface area contributed by atoms with Gasteiger partial charge in [0.15, 0.2) is 0 Å². The van der Waals surface area contributed by atoms with Gasteiger partial charge < -0.3 is 5.32 Å². The molecule has 0 bridgehead atoms. The first-order valence-corrected chi connectivity index (χ1v) is 8.20. The second-order valence-corrected chi connectivity index (χ2v) is 6.05. The van der Waals surface area contributed by atoms with Crippen molar-refractivity contribution in [1.29, 1.82) is 0 Å². The molecule has 130 valence electrons. The van der Waals surface area contributed by atoms with E-state index < -0.39 is 0 Å². The van der Waals surface area contributed by atoms with Gasteiger partial charge in [-0.1, -0.05) is 35.9 Å². The molecule has 2 amide bonds. The second kappa shape index (κ2) is 8.78. The maximum Gasteiger partial charge on any atom is 0.240 e. The zero-order valence-electron chi connectivity index (χ0n) is 14.8. The van der Waals surface area contributed by atoms with Gasteiger partial charge in [-0.2, -0.15) is 5.10 Å². The van der Waals surface area contributed by atoms with Gasteiger partial charge in [-0.15, -0.1) is 0 Å². The third-order valence-corrected chi connectivity index (χ3v) is 3.81. The Balaban J connectivity index is 1.75. The monoisotopic (exact) mass is 337 g/mol. The molecule has 0 aliphatic heterocycles. The van der Waals surface area contributed by atoms with Crippen LogP contribution in [0.3, 0.4) is 0 Å². The Morgan fingerprint density at radius 1 is 0.960 bits per heavy atom. The molecular weight excluding hydrogens is 314 g/mol. The number of hydrogen-bond donors (Lipinski definition) is 2. The van der Waals surface area contributed by atoms with E-state index in [0.29, 0.717) is 0 Å². The summed E-state index contributed by atoms with van der Waals surface area (Å²) in [5.74, 6) is -0.486. The molecule has 0 fully saturated rings. The zero-order valence-corrected chi connectivity index (χ0v) is 14.8. The molecule has 0 saturated carbocycles. The summed E-state index contributed by atoms with van der Waals surface area (Å²) in [6.07, 6.45) is 1.78. The van der Waals surface area contributed by atoms with E-state index in [-0.39, 0.29) is 24.7 Å². The molecule has 0 heterocycles. The molecule has 2 rings (SSSR count). The molecule has 0 radical (unpaired) electrons. The predicted octanol–water partition coefficient (Wildman–Crippen LogP) is 3.48. The number of nitrogens with zero attached hydrogens (tertiary/aromatic N) is 1. The van der Waals surface area contributed by atoms with Gasteiger partial charge in [-0.3, -0.25) is 9.59 Å². The summed E-state index contributed by atoms with van der Waals surface area (Å²) >= 11 is 0. The molecule has 0 aromatic heterocycles. The highest BCUT2D eigenvalue weighted by atomic mass is 16.2. The van der Waals surface area contributed by atoms with Crippen LogP contribution in [0.15, 0.2) is 47.6 Å². The van der Waals surface area contributed by atoms with E-state index in [9.17, 15) is 9.59 Å². The maximum atomic E-state index is 11.9. The number of carbonyl (C=O) groups excluding carboxylic acids is 2. The normalized spacial score (nSPS) is 10.7. The first-order chi connectivity index (χ1) is 11.9. The van der Waals surface area contributed by atoms with E-state index in [4.69, 9.17) is 0 Å². The molecule has 0 aliphatic rings. The van der Waals surface area contributed by atoms with Crippen LogP contribution in [0.4, 0.5) is 5.69 Å². The highest BCUT2D eigenvalue weighted by Gasteiger charge is 2.07. The molecule has 0 saturated heterocycles. The van der Waals surface area contributed by atoms with Crippen molar-refractivity contribution in [3.05, 3.63) is 64.7 Å². The summed E-state index contributed by atoms with van der Waals surface area (Å²) in [7, 11) is 0. The fourth-order valence-electron chi connectivity index (χ4n) is 2.25. The van der Waals surface area contributed by atoms with E-state index in [1.54, 1.807) is 6.21 Å². The van der Waals surface area contributed by atoms with Crippen molar-refractivity contribution in [2.45, 2.75) is 33.6 Å². The van der Waals surface area contributed by atoms with Crippen molar-refractivity contribution in [1.82, 2.24) is 5.43 Å². The number of nitrogens with one attached hydrogen (secondary N) is 2. The summed E-state index contributed by atoms with van der Waals surface area (Å²) in [6, 6.07) is 13.5. The molecule has 2 N–H and O–H groups in total. The minimum atomic E-state index is -0.292. The van der Waals surface area contributed by atoms with Crippen LogP contribution in [0.5, 0.6) is 0 Å². The van der Waals surface area contributed by atoms with Gasteiger partial charge in [0.2, 0.25) is 11.8 Å². The number of amides is 2. The van der Waals surface area contributed by atoms with Crippen LogP contribution in [0, 0.1) is 20.8 Å². The van der Waals surface area contributed by atoms with Crippen LogP contribution < -0.4 is 10.7 Å². The van der Waals surface area contributed by atoms with Crippen LogP contribution in [-0.4, -0.2) is 18.0 Å². The van der Waals surface area contributed by atoms with Gasteiger partial charge in [0.25, 0.3) is 0 Å². The Morgan fingerprint density at radius 3 is 2.44 bits per heavy atom. The third kappa shape index (κ3) is 6.22. The largest absolute Gasteiger partial charge is 0.326 e. The topological polar surface area (TPSA) is 70.6 Å². The Hall–Kier alpha value is -2.95. The first kappa shape index (κ1) is 18.4. The van der Waals surface area contributed by atoms with E-state index >= 15 is 0 Å². The lowest BCUT2D eigenvalue weighted by Crippen LogP contribution is -2.20. The number of aryl methyl sites for hydroxylation is 3. The minimum Gasteiger partial charge on any atom is -0.326 e. The van der Waals surface area contributed by atoms with Crippen LogP contribution in [0.25, 0.3) is 0 Å². The van der Waals surface area contributed by atoms with Crippen molar-refractivity contribution < 1.29 is 9.59 Å². The molecule has 2 aromatic rings. The van der Waals surface area contributed by atoms with Gasteiger partial charge in [0, 0.05) is 18.5 Å². The number of carbonyl (C=O) groups is 2. The van der Waals surface area contributed by atoms with Gasteiger partial charge in [0.1, 0.15) is 0 Å². The van der Waals surface area contributed by atoms with Crippen LogP contribution in [-0.2, 0) is 9.59 Å². The highest BCUT2D eigenvalue weighted by molar-refractivity contribution is 5.93. The number of anilines is 1. The Labute approximate surface area is 148 Å². The number of hydrazone groups is 1. The number of hydrogen-bond acceptors (Lipinski definition) is 3. The molecule has 0 spiro atoms. The SMILES string of the molecule is Cc1cccc(/C=N/NC(=O)CCC(=O)Nc2ccc(C)c(C)c2)c1.